The lowest BCUT2D eigenvalue weighted by atomic mass is 9.96. The minimum absolute atomic E-state index is 0.219. The first-order chi connectivity index (χ1) is 15.8. The lowest BCUT2D eigenvalue weighted by Gasteiger charge is -2.35. The van der Waals surface area contributed by atoms with E-state index in [4.69, 9.17) is 14.2 Å². The first-order valence-electron chi connectivity index (χ1n) is 11.4. The van der Waals surface area contributed by atoms with Gasteiger partial charge in [0.2, 0.25) is 6.79 Å². The standard InChI is InChI=1S/C24H33N5O4/c1-24(2,3)33-23(30)29-9-7-17(8-10-29)14-28(4)22-12-21(26-15-27-22)25-13-18-5-6-19-20(11-18)32-16-31-19/h5-6,11-12,15,17H,7-10,13-14,16H2,1-4H3,(H,25,26,27). The van der Waals surface area contributed by atoms with Crippen LogP contribution in [0.1, 0.15) is 39.2 Å². The maximum Gasteiger partial charge on any atom is 0.410 e. The monoisotopic (exact) mass is 455 g/mol. The van der Waals surface area contributed by atoms with Crippen molar-refractivity contribution >= 4 is 17.7 Å². The van der Waals surface area contributed by atoms with E-state index in [9.17, 15) is 4.79 Å². The number of carbonyl (C=O) groups is 1. The summed E-state index contributed by atoms with van der Waals surface area (Å²) in [5, 5.41) is 3.36. The van der Waals surface area contributed by atoms with Gasteiger partial charge in [0.05, 0.1) is 0 Å². The number of fused-ring (bicyclic) bond motifs is 1. The number of nitrogens with one attached hydrogen (secondary N) is 1. The Morgan fingerprint density at radius 3 is 2.70 bits per heavy atom. The van der Waals surface area contributed by atoms with Crippen LogP contribution in [0.5, 0.6) is 11.5 Å². The van der Waals surface area contributed by atoms with Gasteiger partial charge >= 0.3 is 6.09 Å². The van der Waals surface area contributed by atoms with Gasteiger partial charge in [-0.15, -0.1) is 0 Å². The number of hydrogen-bond acceptors (Lipinski definition) is 8. The van der Waals surface area contributed by atoms with E-state index < -0.39 is 5.60 Å². The molecule has 0 bridgehead atoms. The number of hydrogen-bond donors (Lipinski definition) is 1. The van der Waals surface area contributed by atoms with Crippen molar-refractivity contribution in [1.29, 1.82) is 0 Å². The predicted molar refractivity (Wildman–Crippen MR) is 126 cm³/mol. The minimum Gasteiger partial charge on any atom is -0.454 e. The van der Waals surface area contributed by atoms with Crippen LogP contribution < -0.4 is 19.7 Å². The third kappa shape index (κ3) is 6.18. The Bertz CT molecular complexity index is 970. The van der Waals surface area contributed by atoms with Gasteiger partial charge < -0.3 is 29.3 Å². The van der Waals surface area contributed by atoms with Crippen molar-refractivity contribution in [3.63, 3.8) is 0 Å². The Hall–Kier alpha value is -3.23. The molecule has 0 aliphatic carbocycles. The molecule has 3 heterocycles. The summed E-state index contributed by atoms with van der Waals surface area (Å²) >= 11 is 0. The maximum absolute atomic E-state index is 12.3. The normalized spacial score (nSPS) is 15.9. The van der Waals surface area contributed by atoms with Gasteiger partial charge in [-0.25, -0.2) is 14.8 Å². The molecule has 33 heavy (non-hydrogen) atoms. The zero-order valence-corrected chi connectivity index (χ0v) is 19.8. The van der Waals surface area contributed by atoms with Crippen molar-refractivity contribution in [2.75, 3.05) is 43.7 Å². The number of aromatic nitrogens is 2. The summed E-state index contributed by atoms with van der Waals surface area (Å²) in [5.74, 6) is 3.68. The lowest BCUT2D eigenvalue weighted by Crippen LogP contribution is -2.43. The van der Waals surface area contributed by atoms with Gasteiger partial charge in [-0.1, -0.05) is 6.07 Å². The molecule has 178 valence electrons. The number of amides is 1. The van der Waals surface area contributed by atoms with E-state index in [1.54, 1.807) is 6.33 Å². The molecule has 9 nitrogen and oxygen atoms in total. The fraction of sp³-hybridized carbons (Fsp3) is 0.542. The molecular weight excluding hydrogens is 422 g/mol. The van der Waals surface area contributed by atoms with Crippen LogP contribution in [0.25, 0.3) is 0 Å². The number of likely N-dealkylation sites (tertiary alicyclic amines) is 1. The van der Waals surface area contributed by atoms with Crippen LogP contribution in [0.3, 0.4) is 0 Å². The first kappa shape index (κ1) is 22.9. The summed E-state index contributed by atoms with van der Waals surface area (Å²) in [7, 11) is 2.05. The number of piperidine rings is 1. The van der Waals surface area contributed by atoms with Crippen LogP contribution in [-0.2, 0) is 11.3 Å². The van der Waals surface area contributed by atoms with Gasteiger partial charge in [0, 0.05) is 39.3 Å². The second kappa shape index (κ2) is 9.72. The molecule has 1 aromatic carbocycles. The van der Waals surface area contributed by atoms with Gasteiger partial charge in [-0.2, -0.15) is 0 Å². The highest BCUT2D eigenvalue weighted by Gasteiger charge is 2.27. The van der Waals surface area contributed by atoms with Crippen LogP contribution in [0.4, 0.5) is 16.4 Å². The number of nitrogens with zero attached hydrogens (tertiary/aromatic N) is 4. The van der Waals surface area contributed by atoms with Crippen LogP contribution in [-0.4, -0.2) is 60.0 Å². The second-order valence-corrected chi connectivity index (χ2v) is 9.59. The molecule has 0 atom stereocenters. The maximum atomic E-state index is 12.3. The third-order valence-electron chi connectivity index (χ3n) is 5.75. The van der Waals surface area contributed by atoms with Crippen LogP contribution in [0.2, 0.25) is 0 Å². The largest absolute Gasteiger partial charge is 0.454 e. The predicted octanol–water partition coefficient (Wildman–Crippen LogP) is 3.90. The SMILES string of the molecule is CN(CC1CCN(C(=O)OC(C)(C)C)CC1)c1cc(NCc2ccc3c(c2)OCO3)ncn1. The first-order valence-corrected chi connectivity index (χ1v) is 11.4. The van der Waals surface area contributed by atoms with Gasteiger partial charge in [-0.05, 0) is 57.2 Å². The summed E-state index contributed by atoms with van der Waals surface area (Å²) in [4.78, 5) is 25.0. The smallest absolute Gasteiger partial charge is 0.410 e. The van der Waals surface area contributed by atoms with Crippen molar-refractivity contribution in [3.05, 3.63) is 36.2 Å². The Balaban J connectivity index is 1.26. The molecule has 4 rings (SSSR count). The van der Waals surface area contributed by atoms with Gasteiger partial charge in [0.25, 0.3) is 0 Å². The summed E-state index contributed by atoms with van der Waals surface area (Å²) < 4.78 is 16.3. The van der Waals surface area contributed by atoms with Crippen molar-refractivity contribution in [1.82, 2.24) is 14.9 Å². The van der Waals surface area contributed by atoms with E-state index in [1.807, 2.05) is 57.0 Å². The van der Waals surface area contributed by atoms with E-state index in [2.05, 4.69) is 20.2 Å². The Kier molecular flexibility index (Phi) is 6.76. The van der Waals surface area contributed by atoms with E-state index in [1.165, 1.54) is 0 Å². The molecule has 0 radical (unpaired) electrons. The van der Waals surface area contributed by atoms with Gasteiger partial charge in [0.1, 0.15) is 23.6 Å². The zero-order valence-electron chi connectivity index (χ0n) is 19.8. The Labute approximate surface area is 195 Å². The fourth-order valence-corrected chi connectivity index (χ4v) is 4.00. The molecule has 1 fully saturated rings. The fourth-order valence-electron chi connectivity index (χ4n) is 4.00. The molecule has 1 saturated heterocycles. The van der Waals surface area contributed by atoms with Gasteiger partial charge in [0.15, 0.2) is 11.5 Å². The number of rotatable bonds is 6. The molecule has 0 saturated carbocycles. The van der Waals surface area contributed by atoms with E-state index in [-0.39, 0.29) is 12.9 Å². The average Bonchev–Trinajstić information content (AvgIpc) is 3.25. The van der Waals surface area contributed by atoms with Crippen molar-refractivity contribution in [3.8, 4) is 11.5 Å². The molecule has 9 heteroatoms. The molecule has 2 aliphatic heterocycles. The average molecular weight is 456 g/mol. The van der Waals surface area contributed by atoms with E-state index in [0.717, 1.165) is 61.2 Å². The Morgan fingerprint density at radius 1 is 1.18 bits per heavy atom. The number of carbonyl (C=O) groups excluding carboxylic acids is 1. The quantitative estimate of drug-likeness (QED) is 0.702. The molecule has 1 N–H and O–H groups in total. The molecular formula is C24H33N5O4. The van der Waals surface area contributed by atoms with Crippen molar-refractivity contribution < 1.29 is 19.0 Å². The third-order valence-corrected chi connectivity index (χ3v) is 5.75. The molecule has 2 aromatic rings. The van der Waals surface area contributed by atoms with Crippen LogP contribution in [0, 0.1) is 5.92 Å². The molecule has 1 amide bonds. The van der Waals surface area contributed by atoms with Gasteiger partial charge in [-0.3, -0.25) is 0 Å². The highest BCUT2D eigenvalue weighted by Crippen LogP contribution is 2.32. The molecule has 0 spiro atoms. The Morgan fingerprint density at radius 2 is 1.94 bits per heavy atom. The van der Waals surface area contributed by atoms with Crippen LogP contribution in [0.15, 0.2) is 30.6 Å². The number of benzene rings is 1. The summed E-state index contributed by atoms with van der Waals surface area (Å²) in [6.07, 6.45) is 3.26. The molecule has 1 aromatic heterocycles. The summed E-state index contributed by atoms with van der Waals surface area (Å²) in [6, 6.07) is 7.88. The van der Waals surface area contributed by atoms with E-state index in [0.29, 0.717) is 12.5 Å². The van der Waals surface area contributed by atoms with E-state index >= 15 is 0 Å². The topological polar surface area (TPSA) is 89.1 Å². The summed E-state index contributed by atoms with van der Waals surface area (Å²) in [5.41, 5.74) is 0.625. The number of anilines is 2. The summed E-state index contributed by atoms with van der Waals surface area (Å²) in [6.45, 7) is 8.90. The zero-order chi connectivity index (χ0) is 23.4. The number of ether oxygens (including phenoxy) is 3. The van der Waals surface area contributed by atoms with Crippen LogP contribution >= 0.6 is 0 Å². The minimum atomic E-state index is -0.463. The lowest BCUT2D eigenvalue weighted by molar-refractivity contribution is 0.0186. The highest BCUT2D eigenvalue weighted by atomic mass is 16.7. The highest BCUT2D eigenvalue weighted by molar-refractivity contribution is 5.68. The van der Waals surface area contributed by atoms with Crippen molar-refractivity contribution in [2.24, 2.45) is 5.92 Å². The van der Waals surface area contributed by atoms with Crippen molar-refractivity contribution in [2.45, 2.75) is 45.8 Å². The second-order valence-electron chi connectivity index (χ2n) is 9.59. The molecule has 0 unspecified atom stereocenters. The molecule has 2 aliphatic rings.